The highest BCUT2D eigenvalue weighted by Crippen LogP contribution is 2.29. The van der Waals surface area contributed by atoms with Gasteiger partial charge in [-0.1, -0.05) is 25.1 Å². The lowest BCUT2D eigenvalue weighted by atomic mass is 9.80. The van der Waals surface area contributed by atoms with Crippen LogP contribution in [0.15, 0.2) is 24.3 Å². The van der Waals surface area contributed by atoms with Crippen LogP contribution in [-0.2, 0) is 18.3 Å². The molecule has 1 heterocycles. The summed E-state index contributed by atoms with van der Waals surface area (Å²) in [4.78, 5) is 11.5. The molecule has 1 unspecified atom stereocenters. The highest BCUT2D eigenvalue weighted by atomic mass is 16.4. The van der Waals surface area contributed by atoms with Crippen molar-refractivity contribution in [2.24, 2.45) is 18.2 Å². The smallest absolute Gasteiger partial charge is 0.311 e. The van der Waals surface area contributed by atoms with E-state index in [1.165, 1.54) is 0 Å². The molecule has 0 amide bonds. The lowest BCUT2D eigenvalue weighted by Gasteiger charge is -2.25. The standard InChI is InChI=1S/C14H19N3O2/c1-3-14(9-15,13(18)19)8-11-10-6-4-5-7-12(10)17(2)16-11/h4-7H,3,8-9,15H2,1-2H3,(H,18,19). The summed E-state index contributed by atoms with van der Waals surface area (Å²) in [6.45, 7) is 1.97. The Morgan fingerprint density at radius 1 is 1.47 bits per heavy atom. The van der Waals surface area contributed by atoms with Crippen molar-refractivity contribution in [3.05, 3.63) is 30.0 Å². The number of hydrogen-bond acceptors (Lipinski definition) is 3. The maximum absolute atomic E-state index is 11.5. The number of benzene rings is 1. The van der Waals surface area contributed by atoms with Crippen LogP contribution in [0.2, 0.25) is 0 Å². The number of fused-ring (bicyclic) bond motifs is 1. The van der Waals surface area contributed by atoms with Crippen molar-refractivity contribution in [1.29, 1.82) is 0 Å². The first-order valence-corrected chi connectivity index (χ1v) is 6.38. The molecule has 19 heavy (non-hydrogen) atoms. The number of rotatable bonds is 5. The molecule has 3 N–H and O–H groups in total. The molecule has 5 nitrogen and oxygen atoms in total. The molecule has 1 atom stereocenters. The normalized spacial score (nSPS) is 14.5. The van der Waals surface area contributed by atoms with Crippen molar-refractivity contribution in [1.82, 2.24) is 9.78 Å². The number of nitrogens with zero attached hydrogens (tertiary/aromatic N) is 2. The zero-order valence-corrected chi connectivity index (χ0v) is 11.3. The average molecular weight is 261 g/mol. The zero-order valence-electron chi connectivity index (χ0n) is 11.3. The zero-order chi connectivity index (χ0) is 14.0. The van der Waals surface area contributed by atoms with E-state index in [9.17, 15) is 9.90 Å². The van der Waals surface area contributed by atoms with Crippen LogP contribution in [0, 0.1) is 5.41 Å². The molecule has 0 radical (unpaired) electrons. The summed E-state index contributed by atoms with van der Waals surface area (Å²) in [6.07, 6.45) is 0.848. The summed E-state index contributed by atoms with van der Waals surface area (Å²) in [6, 6.07) is 7.82. The van der Waals surface area contributed by atoms with Gasteiger partial charge in [-0.15, -0.1) is 0 Å². The molecule has 5 heteroatoms. The van der Waals surface area contributed by atoms with Gasteiger partial charge in [-0.2, -0.15) is 5.10 Å². The predicted octanol–water partition coefficient (Wildman–Crippen LogP) is 1.56. The third-order valence-corrected chi connectivity index (χ3v) is 3.86. The Morgan fingerprint density at radius 3 is 2.74 bits per heavy atom. The fourth-order valence-electron chi connectivity index (χ4n) is 2.40. The summed E-state index contributed by atoms with van der Waals surface area (Å²) < 4.78 is 1.78. The lowest BCUT2D eigenvalue weighted by molar-refractivity contribution is -0.148. The van der Waals surface area contributed by atoms with Crippen LogP contribution in [0.3, 0.4) is 0 Å². The Kier molecular flexibility index (Phi) is 3.57. The Bertz CT molecular complexity index is 600. The quantitative estimate of drug-likeness (QED) is 0.855. The number of carboxylic acid groups (broad SMARTS) is 1. The van der Waals surface area contributed by atoms with E-state index in [0.717, 1.165) is 16.6 Å². The number of aromatic nitrogens is 2. The van der Waals surface area contributed by atoms with Crippen molar-refractivity contribution in [3.8, 4) is 0 Å². The first-order valence-electron chi connectivity index (χ1n) is 6.38. The van der Waals surface area contributed by atoms with Gasteiger partial charge in [0, 0.05) is 25.4 Å². The van der Waals surface area contributed by atoms with Crippen LogP contribution in [0.1, 0.15) is 19.0 Å². The van der Waals surface area contributed by atoms with Crippen molar-refractivity contribution in [2.75, 3.05) is 6.54 Å². The molecule has 0 aliphatic heterocycles. The summed E-state index contributed by atoms with van der Waals surface area (Å²) in [5, 5.41) is 14.9. The minimum absolute atomic E-state index is 0.115. The number of carbonyl (C=O) groups is 1. The van der Waals surface area contributed by atoms with Crippen LogP contribution in [0.25, 0.3) is 10.9 Å². The van der Waals surface area contributed by atoms with Gasteiger partial charge < -0.3 is 10.8 Å². The van der Waals surface area contributed by atoms with Crippen molar-refractivity contribution >= 4 is 16.9 Å². The minimum atomic E-state index is -0.933. The Hall–Kier alpha value is -1.88. The average Bonchev–Trinajstić information content (AvgIpc) is 2.73. The summed E-state index contributed by atoms with van der Waals surface area (Å²) in [7, 11) is 1.86. The number of aliphatic carboxylic acids is 1. The second-order valence-corrected chi connectivity index (χ2v) is 4.91. The molecule has 0 saturated carbocycles. The van der Waals surface area contributed by atoms with E-state index in [2.05, 4.69) is 5.10 Å². The topological polar surface area (TPSA) is 81.1 Å². The SMILES string of the molecule is CCC(CN)(Cc1nn(C)c2ccccc12)C(=O)O. The Morgan fingerprint density at radius 2 is 2.16 bits per heavy atom. The molecule has 2 aromatic rings. The molecule has 0 aliphatic rings. The van der Waals surface area contributed by atoms with Crippen LogP contribution < -0.4 is 5.73 Å². The summed E-state index contributed by atoms with van der Waals surface area (Å²) in [5.74, 6) is -0.854. The third-order valence-electron chi connectivity index (χ3n) is 3.86. The highest BCUT2D eigenvalue weighted by molar-refractivity contribution is 5.83. The van der Waals surface area contributed by atoms with Gasteiger partial charge in [0.05, 0.1) is 16.6 Å². The molecule has 1 aromatic heterocycles. The van der Waals surface area contributed by atoms with Gasteiger partial charge in [0.15, 0.2) is 0 Å². The Labute approximate surface area is 112 Å². The molecule has 0 saturated heterocycles. The van der Waals surface area contributed by atoms with E-state index in [4.69, 9.17) is 5.73 Å². The maximum atomic E-state index is 11.5. The number of hydrogen-bond donors (Lipinski definition) is 2. The third kappa shape index (κ3) is 2.21. The van der Waals surface area contributed by atoms with Crippen molar-refractivity contribution in [3.63, 3.8) is 0 Å². The molecule has 1 aromatic carbocycles. The maximum Gasteiger partial charge on any atom is 0.311 e. The van der Waals surface area contributed by atoms with Crippen LogP contribution in [-0.4, -0.2) is 27.4 Å². The molecule has 0 fully saturated rings. The molecule has 2 rings (SSSR count). The van der Waals surface area contributed by atoms with Gasteiger partial charge in [-0.25, -0.2) is 0 Å². The second kappa shape index (κ2) is 5.01. The predicted molar refractivity (Wildman–Crippen MR) is 73.8 cm³/mol. The van der Waals surface area contributed by atoms with E-state index in [-0.39, 0.29) is 6.54 Å². The number of para-hydroxylation sites is 1. The lowest BCUT2D eigenvalue weighted by Crippen LogP contribution is -2.40. The van der Waals surface area contributed by atoms with Crippen LogP contribution >= 0.6 is 0 Å². The van der Waals surface area contributed by atoms with Gasteiger partial charge in [-0.3, -0.25) is 9.48 Å². The fraction of sp³-hybridized carbons (Fsp3) is 0.429. The molecule has 0 bridgehead atoms. The number of nitrogens with two attached hydrogens (primary N) is 1. The first kappa shape index (κ1) is 13.5. The molecular formula is C14H19N3O2. The van der Waals surface area contributed by atoms with Crippen LogP contribution in [0.5, 0.6) is 0 Å². The number of carboxylic acids is 1. The van der Waals surface area contributed by atoms with Crippen molar-refractivity contribution in [2.45, 2.75) is 19.8 Å². The fourth-order valence-corrected chi connectivity index (χ4v) is 2.40. The summed E-state index contributed by atoms with van der Waals surface area (Å²) >= 11 is 0. The molecule has 102 valence electrons. The van der Waals surface area contributed by atoms with E-state index in [1.807, 2.05) is 38.2 Å². The van der Waals surface area contributed by atoms with Crippen LogP contribution in [0.4, 0.5) is 0 Å². The second-order valence-electron chi connectivity index (χ2n) is 4.91. The largest absolute Gasteiger partial charge is 0.481 e. The van der Waals surface area contributed by atoms with E-state index < -0.39 is 11.4 Å². The monoisotopic (exact) mass is 261 g/mol. The summed E-state index contributed by atoms with van der Waals surface area (Å²) in [5.41, 5.74) is 6.57. The number of aryl methyl sites for hydroxylation is 1. The first-order chi connectivity index (χ1) is 9.04. The molecule has 0 aliphatic carbocycles. The van der Waals surface area contributed by atoms with Gasteiger partial charge >= 0.3 is 5.97 Å². The van der Waals surface area contributed by atoms with Gasteiger partial charge in [0.25, 0.3) is 0 Å². The van der Waals surface area contributed by atoms with Gasteiger partial charge in [0.1, 0.15) is 0 Å². The van der Waals surface area contributed by atoms with Gasteiger partial charge in [0.2, 0.25) is 0 Å². The Balaban J connectivity index is 2.48. The molecular weight excluding hydrogens is 242 g/mol. The van der Waals surface area contributed by atoms with Crippen molar-refractivity contribution < 1.29 is 9.90 Å². The van der Waals surface area contributed by atoms with Gasteiger partial charge in [-0.05, 0) is 12.5 Å². The molecule has 0 spiro atoms. The van der Waals surface area contributed by atoms with E-state index in [1.54, 1.807) is 4.68 Å². The minimum Gasteiger partial charge on any atom is -0.481 e. The van der Waals surface area contributed by atoms with E-state index >= 15 is 0 Å². The van der Waals surface area contributed by atoms with E-state index in [0.29, 0.717) is 12.8 Å². The highest BCUT2D eigenvalue weighted by Gasteiger charge is 2.36.